The molecule has 0 atom stereocenters. The predicted molar refractivity (Wildman–Crippen MR) is 127 cm³/mol. The van der Waals surface area contributed by atoms with Crippen molar-refractivity contribution in [1.82, 2.24) is 0 Å². The van der Waals surface area contributed by atoms with E-state index < -0.39 is 0 Å². The Morgan fingerprint density at radius 1 is 0.897 bits per heavy atom. The number of fused-ring (bicyclic) bond motifs is 1. The van der Waals surface area contributed by atoms with Crippen LogP contribution in [0.25, 0.3) is 22.0 Å². The Morgan fingerprint density at radius 2 is 1.59 bits per heavy atom. The summed E-state index contributed by atoms with van der Waals surface area (Å²) in [6.45, 7) is 15.8. The molecule has 154 valence electrons. The van der Waals surface area contributed by atoms with Gasteiger partial charge in [-0.25, -0.2) is 4.57 Å². The summed E-state index contributed by atoms with van der Waals surface area (Å²) in [7, 11) is 2.03. The molecule has 0 spiro atoms. The molecule has 29 heavy (non-hydrogen) atoms. The standard InChI is InChI=1S/C28H38N/c1-9-21(10-2)22-11-12-25-23(15-22)13-14-29(8)28(25)27-17-24(18(3)4)16-26(19(5)6)20(27)7/h11-19,21H,9-10H2,1-8H3/q+1/i14D. The second-order valence-corrected chi connectivity index (χ2v) is 9.13. The van der Waals surface area contributed by atoms with Crippen molar-refractivity contribution in [1.29, 1.82) is 0 Å². The maximum Gasteiger partial charge on any atom is 0.220 e. The first-order chi connectivity index (χ1) is 14.2. The highest BCUT2D eigenvalue weighted by Gasteiger charge is 2.22. The van der Waals surface area contributed by atoms with E-state index in [0.717, 1.165) is 18.5 Å². The third-order valence-corrected chi connectivity index (χ3v) is 6.55. The Kier molecular flexibility index (Phi) is 6.04. The molecular weight excluding hydrogens is 350 g/mol. The van der Waals surface area contributed by atoms with Crippen molar-refractivity contribution in [2.75, 3.05) is 0 Å². The molecule has 1 nitrogen and oxygen atoms in total. The molecule has 0 fully saturated rings. The van der Waals surface area contributed by atoms with Gasteiger partial charge in [0.25, 0.3) is 0 Å². The number of rotatable bonds is 6. The van der Waals surface area contributed by atoms with Crippen LogP contribution < -0.4 is 4.57 Å². The molecule has 0 aliphatic carbocycles. The Balaban J connectivity index is 2.37. The summed E-state index contributed by atoms with van der Waals surface area (Å²) in [5, 5.41) is 2.42. The number of benzene rings is 2. The molecule has 0 aliphatic heterocycles. The quantitative estimate of drug-likeness (QED) is 0.379. The van der Waals surface area contributed by atoms with Crippen LogP contribution in [0.15, 0.2) is 42.6 Å². The zero-order chi connectivity index (χ0) is 22.2. The number of pyridine rings is 1. The third-order valence-electron chi connectivity index (χ3n) is 6.55. The van der Waals surface area contributed by atoms with E-state index >= 15 is 0 Å². The highest BCUT2D eigenvalue weighted by molar-refractivity contribution is 5.94. The molecule has 0 N–H and O–H groups in total. The van der Waals surface area contributed by atoms with Gasteiger partial charge in [0.2, 0.25) is 5.69 Å². The monoisotopic (exact) mass is 389 g/mol. The fourth-order valence-corrected chi connectivity index (χ4v) is 4.61. The van der Waals surface area contributed by atoms with Gasteiger partial charge in [-0.1, -0.05) is 59.7 Å². The van der Waals surface area contributed by atoms with Gasteiger partial charge in [0.05, 0.1) is 10.9 Å². The molecule has 0 unspecified atom stereocenters. The van der Waals surface area contributed by atoms with Crippen LogP contribution in [0.1, 0.15) is 95.8 Å². The number of aromatic nitrogens is 1. The minimum atomic E-state index is 0.471. The summed E-state index contributed by atoms with van der Waals surface area (Å²) in [6.07, 6.45) is 2.85. The van der Waals surface area contributed by atoms with E-state index in [-0.39, 0.29) is 0 Å². The molecule has 0 aliphatic rings. The molecule has 2 aromatic carbocycles. The summed E-state index contributed by atoms with van der Waals surface area (Å²) in [5.41, 5.74) is 7.94. The summed E-state index contributed by atoms with van der Waals surface area (Å²) >= 11 is 0. The normalized spacial score (nSPS) is 12.4. The van der Waals surface area contributed by atoms with Crippen molar-refractivity contribution in [3.63, 3.8) is 0 Å². The lowest BCUT2D eigenvalue weighted by atomic mass is 9.86. The lowest BCUT2D eigenvalue weighted by Crippen LogP contribution is -2.31. The van der Waals surface area contributed by atoms with Crippen molar-refractivity contribution < 1.29 is 5.94 Å². The van der Waals surface area contributed by atoms with Gasteiger partial charge in [-0.3, -0.25) is 0 Å². The van der Waals surface area contributed by atoms with Crippen LogP contribution in [0.2, 0.25) is 0 Å². The second-order valence-electron chi connectivity index (χ2n) is 9.13. The smallest absolute Gasteiger partial charge is 0.200 e. The van der Waals surface area contributed by atoms with Crippen LogP contribution in [-0.4, -0.2) is 0 Å². The lowest BCUT2D eigenvalue weighted by molar-refractivity contribution is -0.659. The molecule has 0 saturated carbocycles. The highest BCUT2D eigenvalue weighted by atomic mass is 14.9. The number of hydrogen-bond donors (Lipinski definition) is 0. The van der Waals surface area contributed by atoms with Crippen LogP contribution in [0, 0.1) is 6.92 Å². The van der Waals surface area contributed by atoms with E-state index in [4.69, 9.17) is 1.37 Å². The lowest BCUT2D eigenvalue weighted by Gasteiger charge is -2.19. The minimum Gasteiger partial charge on any atom is -0.200 e. The maximum atomic E-state index is 8.67. The van der Waals surface area contributed by atoms with Gasteiger partial charge in [0, 0.05) is 6.07 Å². The largest absolute Gasteiger partial charge is 0.220 e. The van der Waals surface area contributed by atoms with E-state index in [1.165, 1.54) is 38.6 Å². The Bertz CT molecular complexity index is 1060. The first-order valence-corrected chi connectivity index (χ1v) is 11.3. The van der Waals surface area contributed by atoms with Crippen molar-refractivity contribution >= 4 is 10.8 Å². The Hall–Kier alpha value is -2.15. The van der Waals surface area contributed by atoms with Gasteiger partial charge in [0.15, 0.2) is 6.17 Å². The van der Waals surface area contributed by atoms with Gasteiger partial charge in [0.1, 0.15) is 8.42 Å². The van der Waals surface area contributed by atoms with Crippen LogP contribution in [-0.2, 0) is 7.05 Å². The van der Waals surface area contributed by atoms with Crippen LogP contribution in [0.5, 0.6) is 0 Å². The van der Waals surface area contributed by atoms with Crippen molar-refractivity contribution in [2.45, 2.75) is 79.1 Å². The van der Waals surface area contributed by atoms with E-state index in [1.54, 1.807) is 0 Å². The predicted octanol–water partition coefficient (Wildman–Crippen LogP) is 7.79. The zero-order valence-corrected chi connectivity index (χ0v) is 19.6. The first-order valence-electron chi connectivity index (χ1n) is 11.8. The van der Waals surface area contributed by atoms with Crippen molar-refractivity contribution in [3.05, 3.63) is 64.8 Å². The van der Waals surface area contributed by atoms with Gasteiger partial charge >= 0.3 is 0 Å². The van der Waals surface area contributed by atoms with Gasteiger partial charge in [-0.05, 0) is 77.3 Å². The molecule has 1 aromatic heterocycles. The molecule has 0 bridgehead atoms. The van der Waals surface area contributed by atoms with Gasteiger partial charge in [-0.15, -0.1) is 0 Å². The first kappa shape index (κ1) is 20.1. The van der Waals surface area contributed by atoms with Gasteiger partial charge < -0.3 is 0 Å². The molecule has 1 heteroatoms. The Morgan fingerprint density at radius 3 is 2.17 bits per heavy atom. The summed E-state index contributed by atoms with van der Waals surface area (Å²) < 4.78 is 10.7. The fourth-order valence-electron chi connectivity index (χ4n) is 4.61. The average molecular weight is 390 g/mol. The van der Waals surface area contributed by atoms with Gasteiger partial charge in [-0.2, -0.15) is 0 Å². The second kappa shape index (κ2) is 8.69. The van der Waals surface area contributed by atoms with E-state index in [9.17, 15) is 0 Å². The molecule has 0 saturated heterocycles. The summed E-state index contributed by atoms with van der Waals surface area (Å²) in [6, 6.07) is 13.7. The van der Waals surface area contributed by atoms with E-state index in [2.05, 4.69) is 83.4 Å². The number of nitrogens with zero attached hydrogens (tertiary/aromatic N) is 1. The molecule has 0 radical (unpaired) electrons. The average Bonchev–Trinajstić information content (AvgIpc) is 2.70. The minimum absolute atomic E-state index is 0.471. The highest BCUT2D eigenvalue weighted by Crippen LogP contribution is 2.36. The van der Waals surface area contributed by atoms with Crippen LogP contribution in [0.3, 0.4) is 0 Å². The Labute approximate surface area is 179 Å². The molecule has 3 aromatic rings. The summed E-state index contributed by atoms with van der Waals surface area (Å²) in [5.74, 6) is 1.53. The van der Waals surface area contributed by atoms with Crippen molar-refractivity contribution in [3.8, 4) is 11.3 Å². The molecular formula is C28H38N+. The van der Waals surface area contributed by atoms with E-state index in [1.807, 2.05) is 13.1 Å². The number of hydrogen-bond acceptors (Lipinski definition) is 0. The van der Waals surface area contributed by atoms with Crippen molar-refractivity contribution in [2.24, 2.45) is 7.05 Å². The fraction of sp³-hybridized carbons (Fsp3) is 0.464. The summed E-state index contributed by atoms with van der Waals surface area (Å²) in [4.78, 5) is 0. The van der Waals surface area contributed by atoms with E-state index in [0.29, 0.717) is 23.9 Å². The van der Waals surface area contributed by atoms with Crippen LogP contribution in [0.4, 0.5) is 0 Å². The zero-order valence-electron chi connectivity index (χ0n) is 20.6. The molecule has 1 heterocycles. The third kappa shape index (κ3) is 4.10. The van der Waals surface area contributed by atoms with Crippen LogP contribution >= 0.6 is 0 Å². The molecule has 3 rings (SSSR count). The topological polar surface area (TPSA) is 3.88 Å². The SMILES string of the molecule is [2H]c1cc2cc(C(CC)CC)ccc2c(-c2cc(C(C)C)cc(C(C)C)c2C)[n+]1C. The maximum absolute atomic E-state index is 8.67. The molecule has 0 amide bonds.